The molecule has 1 aromatic rings. The number of ether oxygens (including phenoxy) is 4. The van der Waals surface area contributed by atoms with Gasteiger partial charge in [0, 0.05) is 14.0 Å². The number of amides is 1. The molecule has 2 aliphatic rings. The van der Waals surface area contributed by atoms with Gasteiger partial charge >= 0.3 is 11.9 Å². The van der Waals surface area contributed by atoms with Gasteiger partial charge in [0.1, 0.15) is 6.61 Å². The number of hydrogen-bond acceptors (Lipinski definition) is 9. The van der Waals surface area contributed by atoms with Crippen LogP contribution in [-0.4, -0.2) is 60.6 Å². The fraction of sp³-hybridized carbons (Fsp3) is 0.455. The molecule has 2 unspecified atom stereocenters. The molecule has 32 heavy (non-hydrogen) atoms. The fourth-order valence-corrected chi connectivity index (χ4v) is 4.69. The highest BCUT2D eigenvalue weighted by Gasteiger charge is 2.47. The van der Waals surface area contributed by atoms with Gasteiger partial charge in [0.05, 0.1) is 36.3 Å². The Morgan fingerprint density at radius 2 is 1.94 bits per heavy atom. The lowest BCUT2D eigenvalue weighted by atomic mass is 9.94. The van der Waals surface area contributed by atoms with Crippen LogP contribution in [0.15, 0.2) is 34.5 Å². The summed E-state index contributed by atoms with van der Waals surface area (Å²) >= 11 is 1.38. The number of carbonyl (C=O) groups is 3. The van der Waals surface area contributed by atoms with Gasteiger partial charge in [-0.3, -0.25) is 14.5 Å². The Balaban J connectivity index is 2.09. The van der Waals surface area contributed by atoms with Crippen molar-refractivity contribution in [2.24, 2.45) is 4.99 Å². The van der Waals surface area contributed by atoms with E-state index >= 15 is 0 Å². The number of fused-ring (bicyclic) bond motifs is 1. The SMILES string of the molecule is CCC1SC2=NC(C)=C(C(=O)OCCOC)C(c3ccc(OC(C)=O)c(OC)c3)N2C1=O. The average molecular weight is 463 g/mol. The van der Waals surface area contributed by atoms with E-state index in [-0.39, 0.29) is 35.7 Å². The van der Waals surface area contributed by atoms with Crippen LogP contribution in [-0.2, 0) is 23.9 Å². The smallest absolute Gasteiger partial charge is 0.338 e. The number of benzene rings is 1. The highest BCUT2D eigenvalue weighted by atomic mass is 32.2. The monoisotopic (exact) mass is 462 g/mol. The number of aliphatic imine (C=N–C) groups is 1. The molecule has 10 heteroatoms. The summed E-state index contributed by atoms with van der Waals surface area (Å²) in [5, 5.41) is 0.260. The first-order valence-corrected chi connectivity index (χ1v) is 11.0. The molecule has 1 fully saturated rings. The zero-order chi connectivity index (χ0) is 23.4. The molecule has 1 amide bonds. The van der Waals surface area contributed by atoms with Gasteiger partial charge in [-0.15, -0.1) is 0 Å². The Morgan fingerprint density at radius 3 is 2.56 bits per heavy atom. The molecule has 2 atom stereocenters. The molecule has 0 N–H and O–H groups in total. The molecule has 1 saturated heterocycles. The zero-order valence-corrected chi connectivity index (χ0v) is 19.5. The van der Waals surface area contributed by atoms with Crippen molar-refractivity contribution in [1.29, 1.82) is 0 Å². The van der Waals surface area contributed by atoms with Crippen LogP contribution in [0.2, 0.25) is 0 Å². The number of esters is 2. The number of amidine groups is 1. The molecule has 3 rings (SSSR count). The lowest BCUT2D eigenvalue weighted by molar-refractivity contribution is -0.141. The van der Waals surface area contributed by atoms with Crippen molar-refractivity contribution >= 4 is 34.8 Å². The van der Waals surface area contributed by atoms with Gasteiger partial charge in [-0.25, -0.2) is 9.79 Å². The quantitative estimate of drug-likeness (QED) is 0.330. The zero-order valence-electron chi connectivity index (χ0n) is 18.7. The summed E-state index contributed by atoms with van der Waals surface area (Å²) in [7, 11) is 2.96. The fourth-order valence-electron chi connectivity index (χ4n) is 3.55. The summed E-state index contributed by atoms with van der Waals surface area (Å²) < 4.78 is 20.9. The molecule has 1 aromatic carbocycles. The van der Waals surface area contributed by atoms with Gasteiger partial charge in [-0.2, -0.15) is 0 Å². The minimum atomic E-state index is -0.755. The number of rotatable bonds is 8. The topological polar surface area (TPSA) is 104 Å². The molecule has 0 saturated carbocycles. The molecule has 2 aliphatic heterocycles. The summed E-state index contributed by atoms with van der Waals surface area (Å²) in [4.78, 5) is 43.7. The molecule has 0 spiro atoms. The lowest BCUT2D eigenvalue weighted by Crippen LogP contribution is -2.41. The van der Waals surface area contributed by atoms with E-state index in [1.165, 1.54) is 32.9 Å². The van der Waals surface area contributed by atoms with Crippen molar-refractivity contribution in [2.75, 3.05) is 27.4 Å². The second-order valence-corrected chi connectivity index (χ2v) is 8.32. The van der Waals surface area contributed by atoms with Crippen LogP contribution in [0.25, 0.3) is 0 Å². The molecular formula is C22H26N2O7S. The summed E-state index contributed by atoms with van der Waals surface area (Å²) in [5.41, 5.74) is 1.34. The second kappa shape index (κ2) is 10.2. The lowest BCUT2D eigenvalue weighted by Gasteiger charge is -2.33. The van der Waals surface area contributed by atoms with E-state index in [4.69, 9.17) is 18.9 Å². The third-order valence-electron chi connectivity index (χ3n) is 5.02. The molecule has 0 aromatic heterocycles. The number of nitrogens with zero attached hydrogens (tertiary/aromatic N) is 2. The minimum Gasteiger partial charge on any atom is -0.493 e. The van der Waals surface area contributed by atoms with Crippen LogP contribution in [0.4, 0.5) is 0 Å². The third kappa shape index (κ3) is 4.66. The van der Waals surface area contributed by atoms with Crippen molar-refractivity contribution in [3.05, 3.63) is 35.0 Å². The van der Waals surface area contributed by atoms with Crippen LogP contribution in [0.3, 0.4) is 0 Å². The standard InChI is InChI=1S/C22H26N2O7S/c1-6-17-20(26)24-19(14-7-8-15(31-13(3)25)16(11-14)29-5)18(12(2)23-22(24)32-17)21(27)30-10-9-28-4/h7-8,11,17,19H,6,9-10H2,1-5H3. The van der Waals surface area contributed by atoms with Crippen molar-refractivity contribution in [3.8, 4) is 11.5 Å². The third-order valence-corrected chi connectivity index (χ3v) is 6.34. The molecule has 0 bridgehead atoms. The average Bonchev–Trinajstić information content (AvgIpc) is 3.07. The number of hydrogen-bond donors (Lipinski definition) is 0. The number of allylic oxidation sites excluding steroid dienone is 1. The van der Waals surface area contributed by atoms with Gasteiger partial charge in [0.25, 0.3) is 0 Å². The van der Waals surface area contributed by atoms with E-state index in [1.54, 1.807) is 30.0 Å². The number of thioether (sulfide) groups is 1. The first-order valence-electron chi connectivity index (χ1n) is 10.1. The maximum absolute atomic E-state index is 13.2. The van der Waals surface area contributed by atoms with E-state index in [0.29, 0.717) is 28.6 Å². The van der Waals surface area contributed by atoms with E-state index < -0.39 is 18.0 Å². The molecule has 0 aliphatic carbocycles. The van der Waals surface area contributed by atoms with Gasteiger partial charge in [-0.05, 0) is 31.0 Å². The summed E-state index contributed by atoms with van der Waals surface area (Å²) in [6.07, 6.45) is 0.632. The van der Waals surface area contributed by atoms with Crippen molar-refractivity contribution in [1.82, 2.24) is 4.90 Å². The van der Waals surface area contributed by atoms with Crippen LogP contribution < -0.4 is 9.47 Å². The predicted molar refractivity (Wildman–Crippen MR) is 119 cm³/mol. The van der Waals surface area contributed by atoms with Gasteiger partial charge in [0.2, 0.25) is 5.91 Å². The Bertz CT molecular complexity index is 988. The summed E-state index contributed by atoms with van der Waals surface area (Å²) in [5.74, 6) is -0.643. The molecule has 172 valence electrons. The molecule has 2 heterocycles. The highest BCUT2D eigenvalue weighted by Crippen LogP contribution is 2.45. The van der Waals surface area contributed by atoms with Crippen LogP contribution >= 0.6 is 11.8 Å². The highest BCUT2D eigenvalue weighted by molar-refractivity contribution is 8.15. The molecule has 9 nitrogen and oxygen atoms in total. The first kappa shape index (κ1) is 23.8. The Hall–Kier alpha value is -2.85. The van der Waals surface area contributed by atoms with Crippen molar-refractivity contribution < 1.29 is 33.3 Å². The molecule has 0 radical (unpaired) electrons. The van der Waals surface area contributed by atoms with Crippen LogP contribution in [0.5, 0.6) is 11.5 Å². The minimum absolute atomic E-state index is 0.0738. The van der Waals surface area contributed by atoms with E-state index in [2.05, 4.69) is 4.99 Å². The van der Waals surface area contributed by atoms with Gasteiger partial charge in [-0.1, -0.05) is 24.8 Å². The van der Waals surface area contributed by atoms with E-state index in [0.717, 1.165) is 0 Å². The first-order chi connectivity index (χ1) is 15.3. The number of carbonyl (C=O) groups excluding carboxylic acids is 3. The summed E-state index contributed by atoms with van der Waals surface area (Å²) in [6.45, 7) is 5.27. The normalized spacial score (nSPS) is 20.1. The van der Waals surface area contributed by atoms with Crippen LogP contribution in [0, 0.1) is 0 Å². The van der Waals surface area contributed by atoms with E-state index in [9.17, 15) is 14.4 Å². The van der Waals surface area contributed by atoms with Crippen LogP contribution in [0.1, 0.15) is 38.8 Å². The van der Waals surface area contributed by atoms with Crippen molar-refractivity contribution in [2.45, 2.75) is 38.5 Å². The number of methoxy groups -OCH3 is 2. The predicted octanol–water partition coefficient (Wildman–Crippen LogP) is 2.85. The Kier molecular flexibility index (Phi) is 7.57. The Labute approximate surface area is 190 Å². The summed E-state index contributed by atoms with van der Waals surface area (Å²) in [6, 6.07) is 4.17. The second-order valence-electron chi connectivity index (χ2n) is 7.15. The molecular weight excluding hydrogens is 436 g/mol. The Morgan fingerprint density at radius 1 is 1.19 bits per heavy atom. The van der Waals surface area contributed by atoms with Crippen molar-refractivity contribution in [3.63, 3.8) is 0 Å². The van der Waals surface area contributed by atoms with Gasteiger partial charge < -0.3 is 18.9 Å². The largest absolute Gasteiger partial charge is 0.493 e. The van der Waals surface area contributed by atoms with E-state index in [1.807, 2.05) is 6.92 Å². The maximum Gasteiger partial charge on any atom is 0.338 e. The van der Waals surface area contributed by atoms with Gasteiger partial charge in [0.15, 0.2) is 16.7 Å². The maximum atomic E-state index is 13.2.